The second-order valence-corrected chi connectivity index (χ2v) is 7.11. The largest absolute Gasteiger partial charge is 0.480 e. The first-order valence-electron chi connectivity index (χ1n) is 10.1. The predicted molar refractivity (Wildman–Crippen MR) is 108 cm³/mol. The van der Waals surface area contributed by atoms with Crippen molar-refractivity contribution in [2.75, 3.05) is 11.9 Å². The van der Waals surface area contributed by atoms with Gasteiger partial charge in [-0.15, -0.1) is 0 Å². The van der Waals surface area contributed by atoms with Crippen LogP contribution < -0.4 is 5.32 Å². The third-order valence-corrected chi connectivity index (χ3v) is 4.73. The zero-order chi connectivity index (χ0) is 19.2. The monoisotopic (exact) mass is 361 g/mol. The third kappa shape index (κ3) is 9.59. The van der Waals surface area contributed by atoms with Crippen LogP contribution in [-0.2, 0) is 11.2 Å². The fraction of sp³-hybridized carbons (Fsp3) is 0.636. The average Bonchev–Trinajstić information content (AvgIpc) is 2.61. The minimum atomic E-state index is -0.913. The molecule has 0 amide bonds. The fourth-order valence-electron chi connectivity index (χ4n) is 3.21. The lowest BCUT2D eigenvalue weighted by atomic mass is 9.97. The highest BCUT2D eigenvalue weighted by Crippen LogP contribution is 2.20. The van der Waals surface area contributed by atoms with Gasteiger partial charge in [0, 0.05) is 11.3 Å². The van der Waals surface area contributed by atoms with Gasteiger partial charge in [-0.1, -0.05) is 70.8 Å². The minimum absolute atomic E-state index is 0.0334. The van der Waals surface area contributed by atoms with Crippen LogP contribution >= 0.6 is 0 Å². The number of aliphatic carboxylic acids is 1. The quantitative estimate of drug-likeness (QED) is 0.304. The Bertz CT molecular complexity index is 554. The Kier molecular flexibility index (Phi) is 11.4. The predicted octanol–water partition coefficient (Wildman–Crippen LogP) is 5.85. The number of carbonyl (C=O) groups excluding carboxylic acids is 1. The van der Waals surface area contributed by atoms with Crippen LogP contribution in [0.3, 0.4) is 0 Å². The normalized spacial score (nSPS) is 10.7. The zero-order valence-electron chi connectivity index (χ0n) is 16.5. The van der Waals surface area contributed by atoms with Crippen molar-refractivity contribution in [3.8, 4) is 0 Å². The van der Waals surface area contributed by atoms with Crippen LogP contribution in [0.4, 0.5) is 5.69 Å². The van der Waals surface area contributed by atoms with Gasteiger partial charge in [0.25, 0.3) is 0 Å². The molecule has 0 fully saturated rings. The van der Waals surface area contributed by atoms with Gasteiger partial charge in [0.2, 0.25) is 0 Å². The Hall–Kier alpha value is -1.84. The van der Waals surface area contributed by atoms with Gasteiger partial charge in [-0.25, -0.2) is 0 Å². The minimum Gasteiger partial charge on any atom is -0.480 e. The number of hydrogen-bond donors (Lipinski definition) is 2. The summed E-state index contributed by atoms with van der Waals surface area (Å²) in [5.74, 6) is -0.880. The van der Waals surface area contributed by atoms with Gasteiger partial charge >= 0.3 is 5.97 Å². The maximum atomic E-state index is 11.9. The highest BCUT2D eigenvalue weighted by Gasteiger charge is 2.09. The van der Waals surface area contributed by atoms with E-state index in [4.69, 9.17) is 5.11 Å². The number of anilines is 1. The van der Waals surface area contributed by atoms with Gasteiger partial charge in [-0.3, -0.25) is 9.59 Å². The van der Waals surface area contributed by atoms with Crippen LogP contribution in [-0.4, -0.2) is 23.4 Å². The van der Waals surface area contributed by atoms with Crippen LogP contribution in [0.5, 0.6) is 0 Å². The summed E-state index contributed by atoms with van der Waals surface area (Å²) in [6.45, 7) is 3.67. The number of rotatable bonds is 15. The lowest BCUT2D eigenvalue weighted by Crippen LogP contribution is -2.13. The first-order valence-corrected chi connectivity index (χ1v) is 10.1. The highest BCUT2D eigenvalue weighted by molar-refractivity contribution is 5.96. The number of nitrogens with one attached hydrogen (secondary N) is 1. The summed E-state index contributed by atoms with van der Waals surface area (Å²) < 4.78 is 0. The van der Waals surface area contributed by atoms with Gasteiger partial charge in [-0.05, 0) is 37.5 Å². The molecule has 1 aromatic carbocycles. The molecule has 0 aliphatic heterocycles. The summed E-state index contributed by atoms with van der Waals surface area (Å²) in [6, 6.07) is 5.59. The third-order valence-electron chi connectivity index (χ3n) is 4.73. The number of ketones is 1. The molecule has 1 rings (SSSR count). The number of carboxylic acids is 1. The molecule has 0 spiro atoms. The Labute approximate surface area is 158 Å². The molecular weight excluding hydrogens is 326 g/mol. The van der Waals surface area contributed by atoms with E-state index in [0.29, 0.717) is 11.3 Å². The van der Waals surface area contributed by atoms with Crippen LogP contribution in [0.15, 0.2) is 18.2 Å². The van der Waals surface area contributed by atoms with E-state index in [0.717, 1.165) is 18.4 Å². The smallest absolute Gasteiger partial charge is 0.322 e. The molecule has 2 N–H and O–H groups in total. The van der Waals surface area contributed by atoms with Crippen molar-refractivity contribution >= 4 is 17.4 Å². The van der Waals surface area contributed by atoms with Crippen LogP contribution in [0, 0.1) is 0 Å². The van der Waals surface area contributed by atoms with E-state index < -0.39 is 5.97 Å². The molecule has 0 aliphatic carbocycles. The number of unbranched alkanes of at least 4 members (excludes halogenated alkanes) is 9. The maximum Gasteiger partial charge on any atom is 0.322 e. The number of carbonyl (C=O) groups is 2. The van der Waals surface area contributed by atoms with E-state index >= 15 is 0 Å². The lowest BCUT2D eigenvalue weighted by molar-refractivity contribution is -0.134. The molecule has 1 aromatic rings. The molecule has 0 atom stereocenters. The van der Waals surface area contributed by atoms with Gasteiger partial charge in [0.05, 0.1) is 0 Å². The average molecular weight is 362 g/mol. The Morgan fingerprint density at radius 1 is 0.923 bits per heavy atom. The first-order chi connectivity index (χ1) is 12.5. The summed E-state index contributed by atoms with van der Waals surface area (Å²) in [5.41, 5.74) is 2.46. The summed E-state index contributed by atoms with van der Waals surface area (Å²) in [7, 11) is 0. The zero-order valence-corrected chi connectivity index (χ0v) is 16.5. The molecule has 4 nitrogen and oxygen atoms in total. The van der Waals surface area contributed by atoms with E-state index in [1.54, 1.807) is 13.0 Å². The summed E-state index contributed by atoms with van der Waals surface area (Å²) in [6.07, 6.45) is 13.9. The Morgan fingerprint density at radius 3 is 2.04 bits per heavy atom. The van der Waals surface area contributed by atoms with E-state index in [1.807, 2.05) is 12.1 Å². The van der Waals surface area contributed by atoms with Crippen molar-refractivity contribution in [3.63, 3.8) is 0 Å². The molecule has 0 aromatic heterocycles. The molecule has 4 heteroatoms. The topological polar surface area (TPSA) is 66.4 Å². The van der Waals surface area contributed by atoms with E-state index in [-0.39, 0.29) is 12.3 Å². The lowest BCUT2D eigenvalue weighted by Gasteiger charge is -2.11. The SMILES string of the molecule is CCCCCCCCCCCCc1ccc(NCC(=O)O)cc1C(C)=O. The van der Waals surface area contributed by atoms with E-state index in [9.17, 15) is 9.59 Å². The van der Waals surface area contributed by atoms with Crippen molar-refractivity contribution in [1.82, 2.24) is 0 Å². The molecule has 0 aliphatic rings. The fourth-order valence-corrected chi connectivity index (χ4v) is 3.21. The van der Waals surface area contributed by atoms with Crippen molar-refractivity contribution in [2.24, 2.45) is 0 Å². The number of carboxylic acid groups (broad SMARTS) is 1. The summed E-state index contributed by atoms with van der Waals surface area (Å²) >= 11 is 0. The highest BCUT2D eigenvalue weighted by atomic mass is 16.4. The number of aryl methyl sites for hydroxylation is 1. The molecule has 0 saturated carbocycles. The second-order valence-electron chi connectivity index (χ2n) is 7.11. The van der Waals surface area contributed by atoms with Gasteiger partial charge in [0.15, 0.2) is 5.78 Å². The number of Topliss-reactive ketones (excluding diaryl/α,β-unsaturated/α-hetero) is 1. The van der Waals surface area contributed by atoms with E-state index in [2.05, 4.69) is 12.2 Å². The maximum absolute atomic E-state index is 11.9. The Morgan fingerprint density at radius 2 is 1.50 bits per heavy atom. The Balaban J connectivity index is 2.31. The molecule has 0 heterocycles. The molecule has 0 saturated heterocycles. The van der Waals surface area contributed by atoms with Crippen molar-refractivity contribution in [3.05, 3.63) is 29.3 Å². The molecular formula is C22H35NO3. The van der Waals surface area contributed by atoms with Gasteiger partial charge in [0.1, 0.15) is 6.54 Å². The molecule has 0 unspecified atom stereocenters. The second kappa shape index (κ2) is 13.4. The molecule has 26 heavy (non-hydrogen) atoms. The molecule has 0 bridgehead atoms. The standard InChI is InChI=1S/C22H35NO3/c1-3-4-5-6-7-8-9-10-11-12-13-19-14-15-20(23-17-22(25)26)16-21(19)18(2)24/h14-16,23H,3-13,17H2,1-2H3,(H,25,26). The summed E-state index contributed by atoms with van der Waals surface area (Å²) in [5, 5.41) is 11.6. The van der Waals surface area contributed by atoms with Crippen LogP contribution in [0.1, 0.15) is 94.0 Å². The van der Waals surface area contributed by atoms with Gasteiger partial charge in [-0.2, -0.15) is 0 Å². The molecule has 146 valence electrons. The number of hydrogen-bond acceptors (Lipinski definition) is 3. The van der Waals surface area contributed by atoms with Crippen LogP contribution in [0.2, 0.25) is 0 Å². The first kappa shape index (κ1) is 22.2. The number of benzene rings is 1. The van der Waals surface area contributed by atoms with Crippen molar-refractivity contribution in [2.45, 2.75) is 84.5 Å². The molecule has 0 radical (unpaired) electrons. The van der Waals surface area contributed by atoms with E-state index in [1.165, 1.54) is 57.8 Å². The van der Waals surface area contributed by atoms with Crippen molar-refractivity contribution < 1.29 is 14.7 Å². The van der Waals surface area contributed by atoms with Crippen LogP contribution in [0.25, 0.3) is 0 Å². The van der Waals surface area contributed by atoms with Gasteiger partial charge < -0.3 is 10.4 Å². The summed E-state index contributed by atoms with van der Waals surface area (Å²) in [4.78, 5) is 22.5. The van der Waals surface area contributed by atoms with Crippen molar-refractivity contribution in [1.29, 1.82) is 0 Å².